The van der Waals surface area contributed by atoms with E-state index in [-0.39, 0.29) is 11.5 Å². The van der Waals surface area contributed by atoms with Gasteiger partial charge >= 0.3 is 0 Å². The maximum absolute atomic E-state index is 11.5. The largest absolute Gasteiger partial charge is 0.361 e. The van der Waals surface area contributed by atoms with Gasteiger partial charge in [-0.15, -0.1) is 0 Å². The van der Waals surface area contributed by atoms with Crippen molar-refractivity contribution in [2.75, 3.05) is 13.6 Å². The lowest BCUT2D eigenvalue weighted by molar-refractivity contribution is -0.151. The Hall–Kier alpha value is -0.610. The standard InChI is InChI=1S/C13H26N2O2/c1-10(11(16)15-4)17-13(9-14)7-5-12(2,3)6-8-13/h10H,5-9,14H2,1-4H3,(H,15,16). The molecule has 1 rings (SSSR count). The molecule has 0 aromatic carbocycles. The summed E-state index contributed by atoms with van der Waals surface area (Å²) < 4.78 is 5.94. The maximum Gasteiger partial charge on any atom is 0.248 e. The molecule has 0 saturated heterocycles. The highest BCUT2D eigenvalue weighted by Gasteiger charge is 2.40. The van der Waals surface area contributed by atoms with Crippen LogP contribution in [0, 0.1) is 5.41 Å². The van der Waals surface area contributed by atoms with Crippen LogP contribution in [0.15, 0.2) is 0 Å². The smallest absolute Gasteiger partial charge is 0.248 e. The monoisotopic (exact) mass is 242 g/mol. The Morgan fingerprint density at radius 1 is 1.35 bits per heavy atom. The number of ether oxygens (including phenoxy) is 1. The zero-order valence-corrected chi connectivity index (χ0v) is 11.5. The van der Waals surface area contributed by atoms with Gasteiger partial charge in [0.2, 0.25) is 5.91 Å². The number of amides is 1. The van der Waals surface area contributed by atoms with Crippen LogP contribution in [-0.4, -0.2) is 31.2 Å². The zero-order valence-electron chi connectivity index (χ0n) is 11.5. The van der Waals surface area contributed by atoms with E-state index in [4.69, 9.17) is 10.5 Å². The molecule has 1 fully saturated rings. The maximum atomic E-state index is 11.5. The van der Waals surface area contributed by atoms with E-state index in [2.05, 4.69) is 19.2 Å². The Kier molecular flexibility index (Phi) is 4.55. The first-order chi connectivity index (χ1) is 7.84. The predicted molar refractivity (Wildman–Crippen MR) is 68.6 cm³/mol. The summed E-state index contributed by atoms with van der Waals surface area (Å²) in [4.78, 5) is 11.5. The Balaban J connectivity index is 2.62. The molecule has 1 unspecified atom stereocenters. The summed E-state index contributed by atoms with van der Waals surface area (Å²) in [5.74, 6) is -0.0809. The first-order valence-corrected chi connectivity index (χ1v) is 6.44. The Bertz CT molecular complexity index is 267. The molecule has 3 N–H and O–H groups in total. The third-order valence-electron chi connectivity index (χ3n) is 3.93. The van der Waals surface area contributed by atoms with Crippen molar-refractivity contribution < 1.29 is 9.53 Å². The molecule has 4 nitrogen and oxygen atoms in total. The van der Waals surface area contributed by atoms with E-state index in [9.17, 15) is 4.79 Å². The van der Waals surface area contributed by atoms with Crippen molar-refractivity contribution in [1.29, 1.82) is 0 Å². The zero-order chi connectivity index (χ0) is 13.1. The number of carbonyl (C=O) groups is 1. The number of nitrogens with two attached hydrogens (primary N) is 1. The minimum absolute atomic E-state index is 0.0809. The minimum Gasteiger partial charge on any atom is -0.361 e. The molecule has 0 spiro atoms. The molecular formula is C13H26N2O2. The Labute approximate surface area is 104 Å². The van der Waals surface area contributed by atoms with E-state index >= 15 is 0 Å². The highest BCUT2D eigenvalue weighted by atomic mass is 16.5. The van der Waals surface area contributed by atoms with Crippen LogP contribution in [0.3, 0.4) is 0 Å². The molecule has 100 valence electrons. The molecule has 0 radical (unpaired) electrons. The topological polar surface area (TPSA) is 64.3 Å². The molecular weight excluding hydrogens is 216 g/mol. The summed E-state index contributed by atoms with van der Waals surface area (Å²) in [6.07, 6.45) is 3.66. The van der Waals surface area contributed by atoms with Gasteiger partial charge in [-0.3, -0.25) is 4.79 Å². The van der Waals surface area contributed by atoms with Gasteiger partial charge < -0.3 is 15.8 Å². The fraction of sp³-hybridized carbons (Fsp3) is 0.923. The highest BCUT2D eigenvalue weighted by Crippen LogP contribution is 2.42. The average molecular weight is 242 g/mol. The van der Waals surface area contributed by atoms with E-state index in [1.165, 1.54) is 0 Å². The predicted octanol–water partition coefficient (Wildman–Crippen LogP) is 1.44. The quantitative estimate of drug-likeness (QED) is 0.784. The van der Waals surface area contributed by atoms with Crippen molar-refractivity contribution in [3.63, 3.8) is 0 Å². The molecule has 0 aromatic heterocycles. The SMILES string of the molecule is CNC(=O)C(C)OC1(CN)CCC(C)(C)CC1. The fourth-order valence-corrected chi connectivity index (χ4v) is 2.38. The molecule has 1 aliphatic rings. The summed E-state index contributed by atoms with van der Waals surface area (Å²) in [5, 5.41) is 2.61. The van der Waals surface area contributed by atoms with Crippen molar-refractivity contribution >= 4 is 5.91 Å². The summed E-state index contributed by atoms with van der Waals surface area (Å²) in [6.45, 7) is 6.83. The second-order valence-corrected chi connectivity index (χ2v) is 5.93. The lowest BCUT2D eigenvalue weighted by atomic mass is 9.71. The Morgan fingerprint density at radius 2 is 1.88 bits per heavy atom. The molecule has 0 aromatic rings. The van der Waals surface area contributed by atoms with Crippen LogP contribution < -0.4 is 11.1 Å². The molecule has 1 amide bonds. The van der Waals surface area contributed by atoms with E-state index in [1.54, 1.807) is 14.0 Å². The van der Waals surface area contributed by atoms with Gasteiger partial charge in [-0.2, -0.15) is 0 Å². The van der Waals surface area contributed by atoms with Crippen molar-refractivity contribution in [3.8, 4) is 0 Å². The number of hydrogen-bond acceptors (Lipinski definition) is 3. The Morgan fingerprint density at radius 3 is 2.29 bits per heavy atom. The van der Waals surface area contributed by atoms with Gasteiger partial charge in [0.05, 0.1) is 5.60 Å². The van der Waals surface area contributed by atoms with Crippen LogP contribution in [-0.2, 0) is 9.53 Å². The molecule has 1 aliphatic carbocycles. The number of carbonyl (C=O) groups excluding carboxylic acids is 1. The van der Waals surface area contributed by atoms with E-state index in [1.807, 2.05) is 0 Å². The molecule has 17 heavy (non-hydrogen) atoms. The number of nitrogens with one attached hydrogen (secondary N) is 1. The molecule has 1 saturated carbocycles. The van der Waals surface area contributed by atoms with Crippen LogP contribution >= 0.6 is 0 Å². The van der Waals surface area contributed by atoms with Crippen LogP contribution in [0.25, 0.3) is 0 Å². The number of rotatable bonds is 4. The van der Waals surface area contributed by atoms with Gasteiger partial charge in [0.1, 0.15) is 6.10 Å². The van der Waals surface area contributed by atoms with Gasteiger partial charge in [-0.25, -0.2) is 0 Å². The molecule has 4 heteroatoms. The van der Waals surface area contributed by atoms with Crippen LogP contribution in [0.4, 0.5) is 0 Å². The first-order valence-electron chi connectivity index (χ1n) is 6.44. The third kappa shape index (κ3) is 3.68. The molecule has 0 bridgehead atoms. The van der Waals surface area contributed by atoms with E-state index < -0.39 is 6.10 Å². The lowest BCUT2D eigenvalue weighted by Crippen LogP contribution is -2.49. The van der Waals surface area contributed by atoms with Crippen LogP contribution in [0.1, 0.15) is 46.5 Å². The number of hydrogen-bond donors (Lipinski definition) is 2. The summed E-state index contributed by atoms with van der Waals surface area (Å²) in [6, 6.07) is 0. The van der Waals surface area contributed by atoms with Crippen molar-refractivity contribution in [2.24, 2.45) is 11.1 Å². The van der Waals surface area contributed by atoms with Gasteiger partial charge in [0.15, 0.2) is 0 Å². The molecule has 0 heterocycles. The molecule has 1 atom stereocenters. The van der Waals surface area contributed by atoms with Crippen LogP contribution in [0.2, 0.25) is 0 Å². The molecule has 0 aliphatic heterocycles. The summed E-state index contributed by atoms with van der Waals surface area (Å²) >= 11 is 0. The fourth-order valence-electron chi connectivity index (χ4n) is 2.38. The minimum atomic E-state index is -0.426. The normalized spacial score (nSPS) is 24.1. The van der Waals surface area contributed by atoms with Gasteiger partial charge in [0, 0.05) is 13.6 Å². The van der Waals surface area contributed by atoms with Crippen molar-refractivity contribution in [1.82, 2.24) is 5.32 Å². The summed E-state index contributed by atoms with van der Waals surface area (Å²) in [5.41, 5.74) is 5.93. The van der Waals surface area contributed by atoms with E-state index in [0.717, 1.165) is 25.7 Å². The van der Waals surface area contributed by atoms with Crippen molar-refractivity contribution in [3.05, 3.63) is 0 Å². The second kappa shape index (κ2) is 5.36. The first kappa shape index (κ1) is 14.5. The van der Waals surface area contributed by atoms with E-state index in [0.29, 0.717) is 12.0 Å². The average Bonchev–Trinajstić information content (AvgIpc) is 2.31. The van der Waals surface area contributed by atoms with Crippen molar-refractivity contribution in [2.45, 2.75) is 58.2 Å². The number of likely N-dealkylation sites (N-methyl/N-ethyl adjacent to an activating group) is 1. The lowest BCUT2D eigenvalue weighted by Gasteiger charge is -2.43. The van der Waals surface area contributed by atoms with Gasteiger partial charge in [-0.1, -0.05) is 13.8 Å². The third-order valence-corrected chi connectivity index (χ3v) is 3.93. The highest BCUT2D eigenvalue weighted by molar-refractivity contribution is 5.80. The van der Waals surface area contributed by atoms with Gasteiger partial charge in [0.25, 0.3) is 0 Å². The van der Waals surface area contributed by atoms with Gasteiger partial charge in [-0.05, 0) is 38.0 Å². The second-order valence-electron chi connectivity index (χ2n) is 5.93. The van der Waals surface area contributed by atoms with Crippen LogP contribution in [0.5, 0.6) is 0 Å². The summed E-state index contributed by atoms with van der Waals surface area (Å²) in [7, 11) is 1.63.